The number of anilines is 1. The fourth-order valence-electron chi connectivity index (χ4n) is 2.63. The number of carbonyl (C=O) groups excluding carboxylic acids is 1. The van der Waals surface area contributed by atoms with Gasteiger partial charge in [0.05, 0.1) is 12.7 Å². The molecule has 2 N–H and O–H groups in total. The number of nitrogens with two attached hydrogens (primary N) is 1. The second kappa shape index (κ2) is 6.13. The number of piperazine rings is 1. The number of rotatable bonds is 3. The summed E-state index contributed by atoms with van der Waals surface area (Å²) in [5, 5.41) is 0. The predicted octanol–water partition coefficient (Wildman–Crippen LogP) is 1.44. The van der Waals surface area contributed by atoms with Gasteiger partial charge in [-0.2, -0.15) is 0 Å². The van der Waals surface area contributed by atoms with E-state index in [0.29, 0.717) is 23.0 Å². The largest absolute Gasteiger partial charge is 0.496 e. The van der Waals surface area contributed by atoms with Gasteiger partial charge in [0, 0.05) is 37.4 Å². The minimum Gasteiger partial charge on any atom is -0.496 e. The SMILES string of the molecule is CCC1CN(C(=O)c2ccc(N)cc2OC)CCN1C. The van der Waals surface area contributed by atoms with Gasteiger partial charge in [-0.05, 0) is 25.6 Å². The molecule has 0 spiro atoms. The predicted molar refractivity (Wildman–Crippen MR) is 80.0 cm³/mol. The summed E-state index contributed by atoms with van der Waals surface area (Å²) < 4.78 is 5.27. The normalized spacial score (nSPS) is 19.9. The maximum atomic E-state index is 12.6. The third-order valence-electron chi connectivity index (χ3n) is 3.99. The molecule has 1 atom stereocenters. The Labute approximate surface area is 120 Å². The zero-order valence-electron chi connectivity index (χ0n) is 12.4. The molecular weight excluding hydrogens is 254 g/mol. The van der Waals surface area contributed by atoms with Crippen molar-refractivity contribution in [3.8, 4) is 5.75 Å². The monoisotopic (exact) mass is 277 g/mol. The number of hydrogen-bond acceptors (Lipinski definition) is 4. The summed E-state index contributed by atoms with van der Waals surface area (Å²) in [4.78, 5) is 16.9. The Balaban J connectivity index is 2.19. The minimum absolute atomic E-state index is 0.0217. The van der Waals surface area contributed by atoms with Crippen LogP contribution in [0.2, 0.25) is 0 Å². The number of nitrogen functional groups attached to an aromatic ring is 1. The van der Waals surface area contributed by atoms with Gasteiger partial charge < -0.3 is 15.4 Å². The smallest absolute Gasteiger partial charge is 0.257 e. The van der Waals surface area contributed by atoms with Crippen LogP contribution in [0.1, 0.15) is 23.7 Å². The van der Waals surface area contributed by atoms with Crippen molar-refractivity contribution in [2.24, 2.45) is 0 Å². The fraction of sp³-hybridized carbons (Fsp3) is 0.533. The standard InChI is InChI=1S/C15H23N3O2/c1-4-12-10-18(8-7-17(12)2)15(19)13-6-5-11(16)9-14(13)20-3/h5-6,9,12H,4,7-8,10,16H2,1-3H3. The molecule has 20 heavy (non-hydrogen) atoms. The molecule has 1 aromatic rings. The molecule has 0 aromatic heterocycles. The van der Waals surface area contributed by atoms with Gasteiger partial charge in [0.1, 0.15) is 5.75 Å². The lowest BCUT2D eigenvalue weighted by Crippen LogP contribution is -2.53. The quantitative estimate of drug-likeness (QED) is 0.849. The molecule has 5 nitrogen and oxygen atoms in total. The summed E-state index contributed by atoms with van der Waals surface area (Å²) in [6, 6.07) is 5.60. The van der Waals surface area contributed by atoms with Gasteiger partial charge in [-0.1, -0.05) is 6.92 Å². The van der Waals surface area contributed by atoms with Crippen molar-refractivity contribution >= 4 is 11.6 Å². The van der Waals surface area contributed by atoms with Crippen LogP contribution in [0, 0.1) is 0 Å². The maximum Gasteiger partial charge on any atom is 0.257 e. The number of nitrogens with zero attached hydrogens (tertiary/aromatic N) is 2. The molecule has 1 aliphatic rings. The molecule has 1 aromatic carbocycles. The average Bonchev–Trinajstić information content (AvgIpc) is 2.46. The van der Waals surface area contributed by atoms with Crippen molar-refractivity contribution in [3.05, 3.63) is 23.8 Å². The Morgan fingerprint density at radius 1 is 1.45 bits per heavy atom. The van der Waals surface area contributed by atoms with E-state index in [1.54, 1.807) is 25.3 Å². The van der Waals surface area contributed by atoms with Crippen LogP contribution in [0.4, 0.5) is 5.69 Å². The van der Waals surface area contributed by atoms with Crippen LogP contribution in [0.25, 0.3) is 0 Å². The van der Waals surface area contributed by atoms with Gasteiger partial charge in [0.15, 0.2) is 0 Å². The van der Waals surface area contributed by atoms with E-state index in [0.717, 1.165) is 26.1 Å². The second-order valence-corrected chi connectivity index (χ2v) is 5.25. The second-order valence-electron chi connectivity index (χ2n) is 5.25. The van der Waals surface area contributed by atoms with Gasteiger partial charge >= 0.3 is 0 Å². The van der Waals surface area contributed by atoms with E-state index in [9.17, 15) is 4.79 Å². The first kappa shape index (κ1) is 14.7. The summed E-state index contributed by atoms with van der Waals surface area (Å²) in [5.41, 5.74) is 6.92. The van der Waals surface area contributed by atoms with E-state index in [2.05, 4.69) is 18.9 Å². The third-order valence-corrected chi connectivity index (χ3v) is 3.99. The molecule has 0 saturated carbocycles. The van der Waals surface area contributed by atoms with E-state index in [1.165, 1.54) is 0 Å². The molecule has 1 unspecified atom stereocenters. The molecule has 1 heterocycles. The number of likely N-dealkylation sites (N-methyl/N-ethyl adjacent to an activating group) is 1. The Morgan fingerprint density at radius 2 is 2.20 bits per heavy atom. The molecule has 110 valence electrons. The fourth-order valence-corrected chi connectivity index (χ4v) is 2.63. The lowest BCUT2D eigenvalue weighted by atomic mass is 10.1. The van der Waals surface area contributed by atoms with Gasteiger partial charge in [-0.15, -0.1) is 0 Å². The van der Waals surface area contributed by atoms with Crippen LogP contribution in [0.15, 0.2) is 18.2 Å². The summed E-state index contributed by atoms with van der Waals surface area (Å²) in [6.45, 7) is 4.57. The van der Waals surface area contributed by atoms with E-state index < -0.39 is 0 Å². The lowest BCUT2D eigenvalue weighted by molar-refractivity contribution is 0.0539. The van der Waals surface area contributed by atoms with Crippen molar-refractivity contribution in [3.63, 3.8) is 0 Å². The number of methoxy groups -OCH3 is 1. The zero-order valence-corrected chi connectivity index (χ0v) is 12.4. The number of ether oxygens (including phenoxy) is 1. The maximum absolute atomic E-state index is 12.6. The number of carbonyl (C=O) groups is 1. The van der Waals surface area contributed by atoms with E-state index in [-0.39, 0.29) is 5.91 Å². The molecule has 1 fully saturated rings. The number of amides is 1. The Bertz CT molecular complexity index is 490. The van der Waals surface area contributed by atoms with E-state index in [1.807, 2.05) is 4.90 Å². The summed E-state index contributed by atoms with van der Waals surface area (Å²) in [6.07, 6.45) is 1.04. The van der Waals surface area contributed by atoms with E-state index in [4.69, 9.17) is 10.5 Å². The van der Waals surface area contributed by atoms with Crippen molar-refractivity contribution in [2.75, 3.05) is 39.5 Å². The summed E-state index contributed by atoms with van der Waals surface area (Å²) in [5.74, 6) is 0.565. The third kappa shape index (κ3) is 2.88. The summed E-state index contributed by atoms with van der Waals surface area (Å²) in [7, 11) is 3.67. The Morgan fingerprint density at radius 3 is 2.85 bits per heavy atom. The molecule has 5 heteroatoms. The molecule has 0 aliphatic carbocycles. The summed E-state index contributed by atoms with van der Waals surface area (Å²) >= 11 is 0. The van der Waals surface area contributed by atoms with Crippen LogP contribution >= 0.6 is 0 Å². The van der Waals surface area contributed by atoms with Crippen LogP contribution in [0.3, 0.4) is 0 Å². The van der Waals surface area contributed by atoms with Gasteiger partial charge in [0.25, 0.3) is 5.91 Å². The average molecular weight is 277 g/mol. The van der Waals surface area contributed by atoms with Crippen molar-refractivity contribution < 1.29 is 9.53 Å². The molecule has 1 saturated heterocycles. The topological polar surface area (TPSA) is 58.8 Å². The van der Waals surface area contributed by atoms with E-state index >= 15 is 0 Å². The van der Waals surface area contributed by atoms with Gasteiger partial charge in [0.2, 0.25) is 0 Å². The lowest BCUT2D eigenvalue weighted by Gasteiger charge is -2.39. The van der Waals surface area contributed by atoms with Crippen molar-refractivity contribution in [1.29, 1.82) is 0 Å². The highest BCUT2D eigenvalue weighted by molar-refractivity contribution is 5.97. The first-order valence-electron chi connectivity index (χ1n) is 6.99. The van der Waals surface area contributed by atoms with Gasteiger partial charge in [-0.25, -0.2) is 0 Å². The Hall–Kier alpha value is -1.75. The highest BCUT2D eigenvalue weighted by Crippen LogP contribution is 2.24. The van der Waals surface area contributed by atoms with Crippen LogP contribution in [-0.2, 0) is 0 Å². The van der Waals surface area contributed by atoms with Crippen molar-refractivity contribution in [2.45, 2.75) is 19.4 Å². The molecule has 1 aliphatic heterocycles. The number of benzene rings is 1. The highest BCUT2D eigenvalue weighted by Gasteiger charge is 2.28. The number of hydrogen-bond donors (Lipinski definition) is 1. The molecule has 1 amide bonds. The minimum atomic E-state index is 0.0217. The highest BCUT2D eigenvalue weighted by atomic mass is 16.5. The van der Waals surface area contributed by atoms with Crippen molar-refractivity contribution in [1.82, 2.24) is 9.80 Å². The molecular formula is C15H23N3O2. The molecule has 0 radical (unpaired) electrons. The molecule has 0 bridgehead atoms. The first-order valence-corrected chi connectivity index (χ1v) is 6.99. The van der Waals surface area contributed by atoms with Crippen LogP contribution < -0.4 is 10.5 Å². The van der Waals surface area contributed by atoms with Crippen LogP contribution in [0.5, 0.6) is 5.75 Å². The van der Waals surface area contributed by atoms with Crippen LogP contribution in [-0.4, -0.2) is 55.5 Å². The first-order chi connectivity index (χ1) is 9.56. The Kier molecular flexibility index (Phi) is 4.49. The van der Waals surface area contributed by atoms with Gasteiger partial charge in [-0.3, -0.25) is 9.69 Å². The molecule has 2 rings (SSSR count). The zero-order chi connectivity index (χ0) is 14.7.